The molecule has 0 radical (unpaired) electrons. The monoisotopic (exact) mass is 331 g/mol. The fourth-order valence-corrected chi connectivity index (χ4v) is 3.01. The number of amides is 1. The highest BCUT2D eigenvalue weighted by atomic mass is 16.4. The van der Waals surface area contributed by atoms with Gasteiger partial charge in [-0.25, -0.2) is 9.50 Å². The van der Waals surface area contributed by atoms with Crippen LogP contribution in [0.5, 0.6) is 0 Å². The number of aromatic nitrogens is 4. The molecule has 8 nitrogen and oxygen atoms in total. The van der Waals surface area contributed by atoms with Crippen molar-refractivity contribution < 1.29 is 14.7 Å². The van der Waals surface area contributed by atoms with E-state index in [1.165, 1.54) is 6.33 Å². The van der Waals surface area contributed by atoms with Crippen molar-refractivity contribution in [2.45, 2.75) is 52.0 Å². The number of carboxylic acids is 1. The average molecular weight is 331 g/mol. The van der Waals surface area contributed by atoms with Crippen LogP contribution in [0.4, 0.5) is 0 Å². The van der Waals surface area contributed by atoms with Crippen LogP contribution in [-0.4, -0.2) is 54.1 Å². The largest absolute Gasteiger partial charge is 0.481 e. The summed E-state index contributed by atoms with van der Waals surface area (Å²) in [6, 6.07) is 0.218. The third-order valence-corrected chi connectivity index (χ3v) is 4.45. The smallest absolute Gasteiger partial charge is 0.305 e. The van der Waals surface area contributed by atoms with E-state index in [0.29, 0.717) is 18.6 Å². The van der Waals surface area contributed by atoms with E-state index in [1.807, 2.05) is 13.8 Å². The Hall–Kier alpha value is -2.51. The second-order valence-electron chi connectivity index (χ2n) is 6.20. The van der Waals surface area contributed by atoms with Crippen LogP contribution < -0.4 is 0 Å². The van der Waals surface area contributed by atoms with E-state index >= 15 is 0 Å². The first-order chi connectivity index (χ1) is 11.5. The van der Waals surface area contributed by atoms with Crippen molar-refractivity contribution in [2.75, 3.05) is 6.54 Å². The zero-order valence-electron chi connectivity index (χ0n) is 13.9. The number of carboxylic acid groups (broad SMARTS) is 1. The molecule has 1 aliphatic carbocycles. The maximum atomic E-state index is 12.5. The average Bonchev–Trinajstić information content (AvgIpc) is 3.24. The van der Waals surface area contributed by atoms with Crippen LogP contribution in [0.2, 0.25) is 0 Å². The van der Waals surface area contributed by atoms with Gasteiger partial charge in [-0.3, -0.25) is 9.59 Å². The van der Waals surface area contributed by atoms with Crippen LogP contribution in [-0.2, 0) is 16.0 Å². The van der Waals surface area contributed by atoms with Gasteiger partial charge in [0.05, 0.1) is 6.42 Å². The molecule has 1 aliphatic rings. The molecule has 24 heavy (non-hydrogen) atoms. The van der Waals surface area contributed by atoms with Crippen LogP contribution in [0.3, 0.4) is 0 Å². The lowest BCUT2D eigenvalue weighted by molar-refractivity contribution is -0.138. The molecule has 0 spiro atoms. The lowest BCUT2D eigenvalue weighted by atomic mass is 10.1. The van der Waals surface area contributed by atoms with E-state index < -0.39 is 5.97 Å². The van der Waals surface area contributed by atoms with Gasteiger partial charge in [-0.1, -0.05) is 0 Å². The van der Waals surface area contributed by atoms with Gasteiger partial charge in [-0.05, 0) is 38.7 Å². The van der Waals surface area contributed by atoms with E-state index in [0.717, 1.165) is 29.8 Å². The zero-order chi connectivity index (χ0) is 17.3. The molecule has 0 atom stereocenters. The Kier molecular flexibility index (Phi) is 4.46. The number of hydrogen-bond donors (Lipinski definition) is 1. The molecule has 0 saturated heterocycles. The Labute approximate surface area is 139 Å². The molecule has 0 aromatic carbocycles. The van der Waals surface area contributed by atoms with Crippen molar-refractivity contribution in [3.05, 3.63) is 23.3 Å². The molecule has 0 aliphatic heterocycles. The normalized spacial score (nSPS) is 14.1. The minimum Gasteiger partial charge on any atom is -0.481 e. The number of carbonyl (C=O) groups excluding carboxylic acids is 1. The Bertz CT molecular complexity index is 781. The van der Waals surface area contributed by atoms with Gasteiger partial charge in [0.25, 0.3) is 5.78 Å². The number of aryl methyl sites for hydroxylation is 2. The molecule has 128 valence electrons. The predicted octanol–water partition coefficient (Wildman–Crippen LogP) is 1.14. The first kappa shape index (κ1) is 16.4. The molecule has 2 aromatic heterocycles. The number of carbonyl (C=O) groups is 2. The lowest BCUT2D eigenvalue weighted by Crippen LogP contribution is -2.35. The molecule has 2 aromatic rings. The molecular formula is C16H21N5O3. The molecule has 0 unspecified atom stereocenters. The number of rotatable bonds is 7. The number of fused-ring (bicyclic) bond motifs is 1. The summed E-state index contributed by atoms with van der Waals surface area (Å²) in [4.78, 5) is 33.5. The summed E-state index contributed by atoms with van der Waals surface area (Å²) in [6.07, 6.45) is 4.30. The van der Waals surface area contributed by atoms with Crippen molar-refractivity contribution >= 4 is 17.7 Å². The van der Waals surface area contributed by atoms with Gasteiger partial charge in [0.1, 0.15) is 6.33 Å². The first-order valence-electron chi connectivity index (χ1n) is 8.14. The van der Waals surface area contributed by atoms with Gasteiger partial charge in [0.2, 0.25) is 5.91 Å². The molecule has 8 heteroatoms. The fraction of sp³-hybridized carbons (Fsp3) is 0.562. The minimum atomic E-state index is -0.874. The van der Waals surface area contributed by atoms with Crippen LogP contribution in [0.25, 0.3) is 5.78 Å². The summed E-state index contributed by atoms with van der Waals surface area (Å²) < 4.78 is 1.68. The van der Waals surface area contributed by atoms with Crippen molar-refractivity contribution in [3.8, 4) is 0 Å². The van der Waals surface area contributed by atoms with Gasteiger partial charge < -0.3 is 10.0 Å². The Morgan fingerprint density at radius 2 is 2.08 bits per heavy atom. The Morgan fingerprint density at radius 1 is 1.33 bits per heavy atom. The minimum absolute atomic E-state index is 0.00718. The molecule has 0 bridgehead atoms. The second-order valence-corrected chi connectivity index (χ2v) is 6.20. The second kappa shape index (κ2) is 6.54. The quantitative estimate of drug-likeness (QED) is 0.816. The summed E-state index contributed by atoms with van der Waals surface area (Å²) >= 11 is 0. The molecule has 2 heterocycles. The molecular weight excluding hydrogens is 310 g/mol. The van der Waals surface area contributed by atoms with Gasteiger partial charge in [-0.2, -0.15) is 10.1 Å². The zero-order valence-corrected chi connectivity index (χ0v) is 13.9. The molecule has 1 fully saturated rings. The Morgan fingerprint density at radius 3 is 2.75 bits per heavy atom. The third kappa shape index (κ3) is 3.37. The standard InChI is InChI=1S/C16H21N5O3/c1-10-13(11(2)21-16(19-10)17-9-18-21)5-6-14(22)20(12-3-4-12)8-7-15(23)24/h9,12H,3-8H2,1-2H3,(H,23,24). The summed E-state index contributed by atoms with van der Waals surface area (Å²) in [5.74, 6) is -0.307. The first-order valence-corrected chi connectivity index (χ1v) is 8.14. The van der Waals surface area contributed by atoms with Gasteiger partial charge >= 0.3 is 5.97 Å². The Balaban J connectivity index is 1.70. The molecule has 3 rings (SSSR count). The van der Waals surface area contributed by atoms with Crippen LogP contribution in [0.1, 0.15) is 42.6 Å². The number of nitrogens with zero attached hydrogens (tertiary/aromatic N) is 5. The highest BCUT2D eigenvalue weighted by molar-refractivity contribution is 5.78. The van der Waals surface area contributed by atoms with E-state index in [4.69, 9.17) is 5.11 Å². The van der Waals surface area contributed by atoms with E-state index in [2.05, 4.69) is 15.1 Å². The lowest BCUT2D eigenvalue weighted by Gasteiger charge is -2.22. The van der Waals surface area contributed by atoms with E-state index in [9.17, 15) is 9.59 Å². The van der Waals surface area contributed by atoms with E-state index in [1.54, 1.807) is 9.42 Å². The SMILES string of the molecule is Cc1nc2ncnn2c(C)c1CCC(=O)N(CCC(=O)O)C1CC1. The molecule has 1 saturated carbocycles. The highest BCUT2D eigenvalue weighted by Gasteiger charge is 2.32. The maximum absolute atomic E-state index is 12.5. The molecule has 1 amide bonds. The fourth-order valence-electron chi connectivity index (χ4n) is 3.01. The number of hydrogen-bond acceptors (Lipinski definition) is 5. The summed E-state index contributed by atoms with van der Waals surface area (Å²) in [5, 5.41) is 13.0. The predicted molar refractivity (Wildman–Crippen MR) is 85.6 cm³/mol. The summed E-state index contributed by atoms with van der Waals surface area (Å²) in [7, 11) is 0. The van der Waals surface area contributed by atoms with Crippen LogP contribution in [0, 0.1) is 13.8 Å². The van der Waals surface area contributed by atoms with E-state index in [-0.39, 0.29) is 24.9 Å². The van der Waals surface area contributed by atoms with Crippen LogP contribution >= 0.6 is 0 Å². The van der Waals surface area contributed by atoms with Gasteiger partial charge in [0, 0.05) is 30.4 Å². The summed E-state index contributed by atoms with van der Waals surface area (Å²) in [5.41, 5.74) is 2.78. The highest BCUT2D eigenvalue weighted by Crippen LogP contribution is 2.28. The number of aliphatic carboxylic acids is 1. The maximum Gasteiger partial charge on any atom is 0.305 e. The van der Waals surface area contributed by atoms with Crippen molar-refractivity contribution in [1.29, 1.82) is 0 Å². The van der Waals surface area contributed by atoms with Crippen molar-refractivity contribution in [1.82, 2.24) is 24.5 Å². The third-order valence-electron chi connectivity index (χ3n) is 4.45. The molecule has 1 N–H and O–H groups in total. The van der Waals surface area contributed by atoms with Gasteiger partial charge in [-0.15, -0.1) is 0 Å². The van der Waals surface area contributed by atoms with Crippen molar-refractivity contribution in [2.24, 2.45) is 0 Å². The van der Waals surface area contributed by atoms with Crippen LogP contribution in [0.15, 0.2) is 6.33 Å². The van der Waals surface area contributed by atoms with Crippen molar-refractivity contribution in [3.63, 3.8) is 0 Å². The summed E-state index contributed by atoms with van der Waals surface area (Å²) in [6.45, 7) is 4.14. The van der Waals surface area contributed by atoms with Gasteiger partial charge in [0.15, 0.2) is 0 Å². The topological polar surface area (TPSA) is 101 Å².